The molecule has 0 fully saturated rings. The molecule has 0 heterocycles. The summed E-state index contributed by atoms with van der Waals surface area (Å²) >= 11 is 2.63. The zero-order chi connectivity index (χ0) is 40.8. The van der Waals surface area contributed by atoms with Gasteiger partial charge >= 0.3 is 342 Å². The fourth-order valence-electron chi connectivity index (χ4n) is 7.99. The van der Waals surface area contributed by atoms with E-state index in [4.69, 9.17) is 0 Å². The van der Waals surface area contributed by atoms with E-state index in [1.807, 2.05) is 0 Å². The molecule has 0 saturated carbocycles. The second-order valence-electron chi connectivity index (χ2n) is 23.6. The van der Waals surface area contributed by atoms with Gasteiger partial charge in [0.05, 0.1) is 0 Å². The van der Waals surface area contributed by atoms with E-state index in [0.29, 0.717) is 0 Å². The van der Waals surface area contributed by atoms with E-state index in [0.717, 1.165) is 0 Å². The molecule has 0 radical (unpaired) electrons. The van der Waals surface area contributed by atoms with Crippen molar-refractivity contribution in [3.05, 3.63) is 112 Å². The first-order valence-corrected chi connectivity index (χ1v) is 23.0. The molecule has 0 N–H and O–H groups in total. The molecule has 1 atom stereocenters. The summed E-state index contributed by atoms with van der Waals surface area (Å²) in [5.41, 5.74) is 9.96. The summed E-state index contributed by atoms with van der Waals surface area (Å²) in [6.45, 7) is 50.5. The topological polar surface area (TPSA) is 0 Å². The Labute approximate surface area is 377 Å². The van der Waals surface area contributed by atoms with Crippen molar-refractivity contribution in [2.45, 2.75) is 181 Å². The standard InChI is InChI=1S/C51H75Si.3ClH.Ti/c1-45(2,3)34-25-35(46(4,5)6)29-40(28-34)52(44-24-22-23-43(44)51(19,20)21,41-30-36(47(7,8)9)26-37(31-41)48(10,11)12)42-32-38(49(13,14)15)27-39(33-42)50(16,17)18;;;;/h22-33H,1-21H3;3*1H;/q;;;;+3/p-3. The van der Waals surface area contributed by atoms with Gasteiger partial charge in [-0.2, -0.15) is 0 Å². The molecule has 4 rings (SSSR count). The molecular weight excluding hydrogens is 795 g/mol. The average Bonchev–Trinajstić information content (AvgIpc) is 3.37. The second kappa shape index (κ2) is 16.8. The minimum Gasteiger partial charge on any atom is -1.00 e. The van der Waals surface area contributed by atoms with Crippen molar-refractivity contribution in [2.75, 3.05) is 0 Å². The summed E-state index contributed by atoms with van der Waals surface area (Å²) in [6, 6.07) is 23.6. The van der Waals surface area contributed by atoms with Crippen molar-refractivity contribution >= 4 is 23.6 Å². The van der Waals surface area contributed by atoms with Crippen LogP contribution in [0.15, 0.2) is 78.4 Å². The van der Waals surface area contributed by atoms with Crippen LogP contribution >= 0.6 is 0 Å². The van der Waals surface area contributed by atoms with Crippen molar-refractivity contribution in [1.29, 1.82) is 0 Å². The van der Waals surface area contributed by atoms with Gasteiger partial charge < -0.3 is 37.2 Å². The van der Waals surface area contributed by atoms with Crippen molar-refractivity contribution in [3.8, 4) is 0 Å². The largest absolute Gasteiger partial charge is 1.00 e. The predicted molar refractivity (Wildman–Crippen MR) is 236 cm³/mol. The number of halogens is 3. The number of hydrogen-bond acceptors (Lipinski definition) is 0. The van der Waals surface area contributed by atoms with Crippen LogP contribution < -0.4 is 52.8 Å². The van der Waals surface area contributed by atoms with Crippen molar-refractivity contribution < 1.29 is 57.7 Å². The molecule has 0 amide bonds. The molecule has 1 aliphatic rings. The van der Waals surface area contributed by atoms with Crippen molar-refractivity contribution in [1.82, 2.24) is 0 Å². The van der Waals surface area contributed by atoms with Crippen LogP contribution in [0.5, 0.6) is 0 Å². The monoisotopic (exact) mass is 868 g/mol. The summed E-state index contributed by atoms with van der Waals surface area (Å²) in [5.74, 6) is 0. The summed E-state index contributed by atoms with van der Waals surface area (Å²) in [6.07, 6.45) is 7.51. The average molecular weight is 870 g/mol. The van der Waals surface area contributed by atoms with E-state index >= 15 is 0 Å². The van der Waals surface area contributed by atoms with Crippen molar-refractivity contribution in [2.24, 2.45) is 5.41 Å². The summed E-state index contributed by atoms with van der Waals surface area (Å²) in [5, 5.41) is 4.57. The van der Waals surface area contributed by atoms with Crippen LogP contribution in [-0.2, 0) is 52.9 Å². The second-order valence-corrected chi connectivity index (χ2v) is 29.7. The molecule has 0 spiro atoms. The third kappa shape index (κ3) is 10.4. The first-order valence-electron chi connectivity index (χ1n) is 20.2. The quantitative estimate of drug-likeness (QED) is 0.278. The minimum absolute atomic E-state index is 0. The summed E-state index contributed by atoms with van der Waals surface area (Å²) in [7, 11) is -3.10. The fourth-order valence-corrected chi connectivity index (χ4v) is 16.7. The maximum Gasteiger partial charge on any atom is -1.00 e. The molecule has 0 bridgehead atoms. The maximum atomic E-state index is 2.67. The van der Waals surface area contributed by atoms with Crippen LogP contribution in [-0.4, -0.2) is 8.07 Å². The predicted octanol–water partition coefficient (Wildman–Crippen LogP) is 3.74. The third-order valence-electron chi connectivity index (χ3n) is 11.7. The summed E-state index contributed by atoms with van der Waals surface area (Å²) < 4.78 is -0.256. The Bertz CT molecular complexity index is 1640. The molecule has 0 saturated heterocycles. The van der Waals surface area contributed by atoms with Gasteiger partial charge in [0.2, 0.25) is 0 Å². The summed E-state index contributed by atoms with van der Waals surface area (Å²) in [4.78, 5) is 0. The van der Waals surface area contributed by atoms with Gasteiger partial charge in [-0.1, -0.05) is 0 Å². The molecular formula is C51H75Cl3SiTi. The van der Waals surface area contributed by atoms with Crippen LogP contribution in [0.4, 0.5) is 0 Å². The zero-order valence-corrected chi connectivity index (χ0v) is 43.9. The van der Waals surface area contributed by atoms with E-state index < -0.39 is 8.07 Å². The van der Waals surface area contributed by atoms with E-state index in [1.54, 1.807) is 0 Å². The van der Waals surface area contributed by atoms with Crippen molar-refractivity contribution in [3.63, 3.8) is 0 Å². The van der Waals surface area contributed by atoms with Gasteiger partial charge in [-0.25, -0.2) is 0 Å². The zero-order valence-electron chi connectivity index (χ0n) is 39.1. The Morgan fingerprint density at radius 1 is 0.357 bits per heavy atom. The Morgan fingerprint density at radius 3 is 0.750 bits per heavy atom. The first kappa shape index (κ1) is 53.0. The van der Waals surface area contributed by atoms with E-state index in [9.17, 15) is 0 Å². The first-order chi connectivity index (χ1) is 23.5. The number of hydrogen-bond donors (Lipinski definition) is 0. The minimum atomic E-state index is -3.10. The van der Waals surface area contributed by atoms with E-state index in [1.165, 1.54) is 54.5 Å². The molecule has 0 aromatic heterocycles. The molecule has 3 aromatic rings. The maximum absolute atomic E-state index is 3.10. The smallest absolute Gasteiger partial charge is 1.00 e. The molecule has 5 heteroatoms. The molecule has 3 aromatic carbocycles. The van der Waals surface area contributed by atoms with E-state index in [-0.39, 0.29) is 78.5 Å². The van der Waals surface area contributed by atoms with Gasteiger partial charge in [0.1, 0.15) is 0 Å². The van der Waals surface area contributed by atoms with Gasteiger partial charge in [0.15, 0.2) is 0 Å². The van der Waals surface area contributed by atoms with Crippen LogP contribution in [0.1, 0.15) is 179 Å². The van der Waals surface area contributed by atoms with E-state index in [2.05, 4.69) is 239 Å². The Morgan fingerprint density at radius 2 is 0.571 bits per heavy atom. The van der Waals surface area contributed by atoms with Gasteiger partial charge in [-0.05, 0) is 0 Å². The van der Waals surface area contributed by atoms with Gasteiger partial charge in [-0.3, -0.25) is 0 Å². The van der Waals surface area contributed by atoms with Crippen LogP contribution in [0.2, 0.25) is 3.34 Å². The van der Waals surface area contributed by atoms with Gasteiger partial charge in [-0.15, -0.1) is 0 Å². The molecule has 1 aliphatic carbocycles. The molecule has 308 valence electrons. The Kier molecular flexibility index (Phi) is 15.9. The third-order valence-corrected chi connectivity index (χ3v) is 19.2. The van der Waals surface area contributed by atoms with Crippen LogP contribution in [0, 0.1) is 5.41 Å². The Balaban J connectivity index is 0.00000523. The SMILES string of the molecule is CC(C)(C)C1=CC=C[C]1([Ti+3])[Si](c1cc(C(C)(C)C)cc(C(C)(C)C)c1)(c1cc(C(C)(C)C)cc(C(C)(C)C)c1)c1cc(C(C)(C)C)cc(C(C)(C)C)c1.[Cl-].[Cl-].[Cl-]. The van der Waals surface area contributed by atoms with Crippen LogP contribution in [0.25, 0.3) is 0 Å². The number of rotatable bonds is 4. The fraction of sp³-hybridized carbons (Fsp3) is 0.569. The molecule has 1 unspecified atom stereocenters. The normalized spacial score (nSPS) is 17.2. The van der Waals surface area contributed by atoms with Gasteiger partial charge in [0.25, 0.3) is 0 Å². The van der Waals surface area contributed by atoms with Gasteiger partial charge in [0, 0.05) is 0 Å². The Hall–Kier alpha value is -1.06. The van der Waals surface area contributed by atoms with Crippen LogP contribution in [0.3, 0.4) is 0 Å². The number of benzene rings is 3. The molecule has 56 heavy (non-hydrogen) atoms. The number of allylic oxidation sites excluding steroid dienone is 4. The molecule has 0 nitrogen and oxygen atoms in total. The molecule has 0 aliphatic heterocycles.